The Balaban J connectivity index is 1.98. The molecule has 1 fully saturated rings. The van der Waals surface area contributed by atoms with Crippen LogP contribution in [0.1, 0.15) is 42.7 Å². The van der Waals surface area contributed by atoms with Gasteiger partial charge in [0.1, 0.15) is 11.7 Å². The number of nitrogens with zero attached hydrogens (tertiary/aromatic N) is 2. The second-order valence-electron chi connectivity index (χ2n) is 6.24. The summed E-state index contributed by atoms with van der Waals surface area (Å²) in [6.07, 6.45) is 5.22. The quantitative estimate of drug-likeness (QED) is 0.228. The average Bonchev–Trinajstić information content (AvgIpc) is 2.90. The van der Waals surface area contributed by atoms with Crippen LogP contribution in [0.5, 0.6) is 0 Å². The highest BCUT2D eigenvalue weighted by atomic mass is 127. The van der Waals surface area contributed by atoms with Gasteiger partial charge < -0.3 is 4.74 Å². The van der Waals surface area contributed by atoms with E-state index in [1.54, 1.807) is 0 Å². The van der Waals surface area contributed by atoms with E-state index in [0.29, 0.717) is 19.2 Å². The molecule has 7 heteroatoms. The Hall–Kier alpha value is -1.01. The van der Waals surface area contributed by atoms with Crippen molar-refractivity contribution in [3.8, 4) is 0 Å². The number of Topliss-reactive ketones (excluding diaryl/α,β-unsaturated/α-hetero) is 1. The number of halogens is 1. The number of benzene rings is 1. The Morgan fingerprint density at radius 1 is 1.42 bits per heavy atom. The summed E-state index contributed by atoms with van der Waals surface area (Å²) in [7, 11) is 1.35. The Morgan fingerprint density at radius 2 is 2.21 bits per heavy atom. The van der Waals surface area contributed by atoms with Gasteiger partial charge in [0.2, 0.25) is 0 Å². The molecule has 0 amide bonds. The summed E-state index contributed by atoms with van der Waals surface area (Å²) in [5.41, 5.74) is 3.52. The molecule has 0 bridgehead atoms. The zero-order chi connectivity index (χ0) is 17.3. The number of ether oxygens (including phenoxy) is 1. The molecule has 0 aliphatic heterocycles. The van der Waals surface area contributed by atoms with Crippen molar-refractivity contribution in [2.24, 2.45) is 5.92 Å². The number of carbonyl (C=O) groups is 2. The lowest BCUT2D eigenvalue weighted by Crippen LogP contribution is -2.24. The average molecular weight is 458 g/mol. The van der Waals surface area contributed by atoms with Gasteiger partial charge in [0.05, 0.1) is 25.2 Å². The highest BCUT2D eigenvalue weighted by molar-refractivity contribution is 14.2. The summed E-state index contributed by atoms with van der Waals surface area (Å²) in [4.78, 5) is 24.4. The van der Waals surface area contributed by atoms with Crippen LogP contribution in [0.4, 0.5) is 0 Å². The highest BCUT2D eigenvalue weighted by Gasteiger charge is 2.33. The molecule has 3 atom stereocenters. The van der Waals surface area contributed by atoms with Crippen molar-refractivity contribution in [3.63, 3.8) is 0 Å². The summed E-state index contributed by atoms with van der Waals surface area (Å²) in [5.74, 6) is -0.845. The van der Waals surface area contributed by atoms with Gasteiger partial charge in [-0.1, -0.05) is 12.5 Å². The maximum Gasteiger partial charge on any atom is 0.316 e. The van der Waals surface area contributed by atoms with E-state index in [2.05, 4.69) is 46.2 Å². The maximum absolute atomic E-state index is 12.6. The SMILES string of the molecule is COC(=O)C1CCCC(c2c(C)ccc3c2cnn3PI)CC1=O. The minimum absolute atomic E-state index is 0.00362. The normalized spacial score (nSPS) is 22.2. The van der Waals surface area contributed by atoms with Crippen molar-refractivity contribution in [1.29, 1.82) is 0 Å². The van der Waals surface area contributed by atoms with Crippen LogP contribution < -0.4 is 0 Å². The van der Waals surface area contributed by atoms with Crippen LogP contribution in [0, 0.1) is 12.8 Å². The van der Waals surface area contributed by atoms with Crippen LogP contribution in [0.15, 0.2) is 18.3 Å². The number of hydrogen-bond donors (Lipinski definition) is 0. The van der Waals surface area contributed by atoms with Crippen molar-refractivity contribution in [2.45, 2.75) is 38.5 Å². The fraction of sp³-hybridized carbons (Fsp3) is 0.471. The molecule has 24 heavy (non-hydrogen) atoms. The minimum atomic E-state index is -0.599. The van der Waals surface area contributed by atoms with E-state index in [1.165, 1.54) is 18.2 Å². The molecule has 128 valence electrons. The fourth-order valence-corrected chi connectivity index (χ4v) is 5.24. The van der Waals surface area contributed by atoms with Gasteiger partial charge in [-0.15, -0.1) is 0 Å². The number of ketones is 1. The molecule has 1 aromatic heterocycles. The van der Waals surface area contributed by atoms with Crippen molar-refractivity contribution in [3.05, 3.63) is 29.5 Å². The predicted octanol–water partition coefficient (Wildman–Crippen LogP) is 4.15. The summed E-state index contributed by atoms with van der Waals surface area (Å²) in [6.45, 7) is 2.09. The molecule has 0 radical (unpaired) electrons. The second-order valence-corrected chi connectivity index (χ2v) is 8.28. The van der Waals surface area contributed by atoms with Gasteiger partial charge in [0.15, 0.2) is 0 Å². The van der Waals surface area contributed by atoms with Gasteiger partial charge in [-0.2, -0.15) is 5.10 Å². The van der Waals surface area contributed by atoms with Crippen molar-refractivity contribution >= 4 is 51.1 Å². The first-order valence-corrected chi connectivity index (χ1v) is 12.1. The molecule has 1 aliphatic carbocycles. The number of esters is 1. The molecule has 0 saturated heterocycles. The number of aryl methyl sites for hydroxylation is 1. The zero-order valence-electron chi connectivity index (χ0n) is 13.7. The van der Waals surface area contributed by atoms with Crippen LogP contribution >= 0.6 is 28.4 Å². The van der Waals surface area contributed by atoms with E-state index in [-0.39, 0.29) is 11.7 Å². The Morgan fingerprint density at radius 3 is 2.92 bits per heavy atom. The molecular weight excluding hydrogens is 438 g/mol. The highest BCUT2D eigenvalue weighted by Crippen LogP contribution is 2.39. The molecule has 5 nitrogen and oxygen atoms in total. The molecule has 2 aromatic rings. The number of hydrogen-bond acceptors (Lipinski definition) is 4. The van der Waals surface area contributed by atoms with E-state index in [4.69, 9.17) is 4.74 Å². The minimum Gasteiger partial charge on any atom is -0.468 e. The van der Waals surface area contributed by atoms with Crippen LogP contribution in [-0.4, -0.2) is 28.4 Å². The van der Waals surface area contributed by atoms with E-state index >= 15 is 0 Å². The molecule has 1 saturated carbocycles. The molecule has 0 N–H and O–H groups in total. The van der Waals surface area contributed by atoms with Crippen molar-refractivity contribution in [2.75, 3.05) is 7.11 Å². The second kappa shape index (κ2) is 7.48. The predicted molar refractivity (Wildman–Crippen MR) is 104 cm³/mol. The topological polar surface area (TPSA) is 61.2 Å². The van der Waals surface area contributed by atoms with Crippen molar-refractivity contribution < 1.29 is 14.3 Å². The number of rotatable bonds is 3. The molecule has 1 aliphatic rings. The summed E-state index contributed by atoms with van der Waals surface area (Å²) in [6, 6.07) is 4.21. The third kappa shape index (κ3) is 3.23. The van der Waals surface area contributed by atoms with Gasteiger partial charge in [-0.3, -0.25) is 9.59 Å². The first-order valence-electron chi connectivity index (χ1n) is 8.01. The monoisotopic (exact) mass is 458 g/mol. The molecule has 1 heterocycles. The molecular formula is C17H20IN2O3P. The van der Waals surface area contributed by atoms with Crippen molar-refractivity contribution in [1.82, 2.24) is 9.55 Å². The standard InChI is InChI=1S/C17H20IN2O3P/c1-10-6-7-14-13(9-19-20(14)24-18)16(10)11-4-3-5-12(15(21)8-11)17(22)23-2/h6-7,9,11-12,24H,3-5,8H2,1-2H3. The van der Waals surface area contributed by atoms with Gasteiger partial charge >= 0.3 is 5.97 Å². The largest absolute Gasteiger partial charge is 0.468 e. The molecule has 1 aromatic carbocycles. The van der Waals surface area contributed by atoms with Crippen LogP contribution in [0.2, 0.25) is 0 Å². The number of carbonyl (C=O) groups excluding carboxylic acids is 2. The lowest BCUT2D eigenvalue weighted by atomic mass is 9.86. The Bertz CT molecular complexity index is 789. The van der Waals surface area contributed by atoms with E-state index in [1.807, 2.05) is 10.6 Å². The van der Waals surface area contributed by atoms with Gasteiger partial charge in [-0.05, 0) is 64.9 Å². The first-order chi connectivity index (χ1) is 11.6. The van der Waals surface area contributed by atoms with E-state index in [0.717, 1.165) is 23.7 Å². The van der Waals surface area contributed by atoms with Gasteiger partial charge in [0.25, 0.3) is 0 Å². The zero-order valence-corrected chi connectivity index (χ0v) is 16.9. The lowest BCUT2D eigenvalue weighted by Gasteiger charge is -2.18. The lowest BCUT2D eigenvalue weighted by molar-refractivity contribution is -0.149. The summed E-state index contributed by atoms with van der Waals surface area (Å²) in [5, 5.41) is 5.60. The molecule has 3 unspecified atom stereocenters. The van der Waals surface area contributed by atoms with Crippen LogP contribution in [-0.2, 0) is 14.3 Å². The first kappa shape index (κ1) is 17.8. The Kier molecular flexibility index (Phi) is 5.55. The summed E-state index contributed by atoms with van der Waals surface area (Å²) < 4.78 is 6.79. The van der Waals surface area contributed by atoms with Gasteiger partial charge in [-0.25, -0.2) is 4.45 Å². The molecule has 0 spiro atoms. The number of fused-ring (bicyclic) bond motifs is 1. The number of aromatic nitrogens is 2. The fourth-order valence-electron chi connectivity index (χ4n) is 3.70. The Labute approximate surface area is 155 Å². The number of methoxy groups -OCH3 is 1. The van der Waals surface area contributed by atoms with Crippen LogP contribution in [0.25, 0.3) is 10.9 Å². The third-order valence-corrected chi connectivity index (χ3v) is 6.76. The van der Waals surface area contributed by atoms with E-state index < -0.39 is 11.9 Å². The third-order valence-electron chi connectivity index (χ3n) is 4.87. The molecule has 3 rings (SSSR count). The van der Waals surface area contributed by atoms with Gasteiger partial charge in [0, 0.05) is 11.8 Å². The summed E-state index contributed by atoms with van der Waals surface area (Å²) >= 11 is 2.32. The van der Waals surface area contributed by atoms with Crippen LogP contribution in [0.3, 0.4) is 0 Å². The smallest absolute Gasteiger partial charge is 0.316 e. The maximum atomic E-state index is 12.6. The van der Waals surface area contributed by atoms with E-state index in [9.17, 15) is 9.59 Å².